The fourth-order valence-electron chi connectivity index (χ4n) is 1.81. The number of hydrogen-bond donors (Lipinski definition) is 0. The van der Waals surface area contributed by atoms with Crippen molar-refractivity contribution in [1.29, 1.82) is 0 Å². The van der Waals surface area contributed by atoms with Crippen LogP contribution in [0.25, 0.3) is 0 Å². The third-order valence-electron chi connectivity index (χ3n) is 2.73. The van der Waals surface area contributed by atoms with Crippen LogP contribution in [0.1, 0.15) is 32.6 Å². The van der Waals surface area contributed by atoms with Gasteiger partial charge in [-0.2, -0.15) is 10.0 Å². The molecule has 14 heavy (non-hydrogen) atoms. The Kier molecular flexibility index (Phi) is 5.23. The van der Waals surface area contributed by atoms with E-state index in [0.29, 0.717) is 0 Å². The fraction of sp³-hybridized carbons (Fsp3) is 0.818. The molecule has 0 aromatic carbocycles. The quantitative estimate of drug-likeness (QED) is 0.474. The first kappa shape index (κ1) is 11.8. The van der Waals surface area contributed by atoms with Crippen LogP contribution in [0.4, 0.5) is 0 Å². The number of rotatable bonds is 7. The zero-order valence-corrected chi connectivity index (χ0v) is 9.89. The second-order valence-electron chi connectivity index (χ2n) is 3.93. The van der Waals surface area contributed by atoms with E-state index in [2.05, 4.69) is 17.5 Å². The summed E-state index contributed by atoms with van der Waals surface area (Å²) in [6, 6.07) is 0. The minimum Gasteiger partial charge on any atom is -0.303 e. The summed E-state index contributed by atoms with van der Waals surface area (Å²) in [6.45, 7) is 3.18. The summed E-state index contributed by atoms with van der Waals surface area (Å²) in [5.74, 6) is 3.15. The maximum atomic E-state index is 10.6. The van der Waals surface area contributed by atoms with Crippen molar-refractivity contribution in [2.45, 2.75) is 32.6 Å². The second-order valence-corrected chi connectivity index (χ2v) is 7.51. The van der Waals surface area contributed by atoms with Gasteiger partial charge in [0.15, 0.2) is 0 Å². The Bertz CT molecular complexity index is 205. The molecule has 1 atom stereocenters. The predicted molar refractivity (Wildman–Crippen MR) is 65.8 cm³/mol. The molecule has 0 N–H and O–H groups in total. The van der Waals surface area contributed by atoms with E-state index < -0.39 is 10.0 Å². The van der Waals surface area contributed by atoms with Crippen molar-refractivity contribution in [3.63, 3.8) is 0 Å². The third-order valence-corrected chi connectivity index (χ3v) is 6.22. The first-order chi connectivity index (χ1) is 6.83. The number of nitrogens with zero attached hydrogens (tertiary/aromatic N) is 1. The summed E-state index contributed by atoms with van der Waals surface area (Å²) in [7, 11) is -0.751. The average molecular weight is 215 g/mol. The van der Waals surface area contributed by atoms with Gasteiger partial charge < -0.3 is 4.79 Å². The molecule has 1 aliphatic rings. The Hall–Kier alpha value is -0.310. The molecule has 1 rings (SSSR count). The number of carbonyl (C=O) groups excluding carboxylic acids is 1. The van der Waals surface area contributed by atoms with Crippen molar-refractivity contribution in [3.8, 4) is 0 Å². The van der Waals surface area contributed by atoms with Crippen molar-refractivity contribution in [3.05, 3.63) is 0 Å². The molecule has 0 bridgehead atoms. The number of unbranched alkanes of at least 4 members (excludes halogenated alkanes) is 3. The van der Waals surface area contributed by atoms with Crippen LogP contribution in [0.5, 0.6) is 0 Å². The molecular formula is C11H21NOS. The number of carbonyl (C=O) groups is 1. The number of hydrogen-bond acceptors (Lipinski definition) is 2. The van der Waals surface area contributed by atoms with Gasteiger partial charge in [-0.1, -0.05) is 26.2 Å². The van der Waals surface area contributed by atoms with E-state index in [4.69, 9.17) is 0 Å². The lowest BCUT2D eigenvalue weighted by Gasteiger charge is -2.29. The molecule has 0 saturated heterocycles. The summed E-state index contributed by atoms with van der Waals surface area (Å²) in [4.78, 5) is 14.9. The van der Waals surface area contributed by atoms with Gasteiger partial charge in [0.05, 0.1) is 0 Å². The van der Waals surface area contributed by atoms with Gasteiger partial charge in [0.25, 0.3) is 0 Å². The van der Waals surface area contributed by atoms with E-state index in [9.17, 15) is 4.79 Å². The molecule has 0 aromatic heterocycles. The third kappa shape index (κ3) is 3.45. The van der Waals surface area contributed by atoms with Gasteiger partial charge in [0.2, 0.25) is 0 Å². The summed E-state index contributed by atoms with van der Waals surface area (Å²) in [5.41, 5.74) is 2.12. The van der Waals surface area contributed by atoms with Crippen LogP contribution in [-0.4, -0.2) is 35.6 Å². The first-order valence-electron chi connectivity index (χ1n) is 5.53. The second kappa shape index (κ2) is 6.23. The summed E-state index contributed by atoms with van der Waals surface area (Å²) in [5, 5.41) is 0. The predicted octanol–water partition coefficient (Wildman–Crippen LogP) is 2.61. The van der Waals surface area contributed by atoms with Crippen LogP contribution in [0.2, 0.25) is 0 Å². The molecule has 0 saturated carbocycles. The van der Waals surface area contributed by atoms with Crippen molar-refractivity contribution in [2.75, 3.05) is 23.8 Å². The highest BCUT2D eigenvalue weighted by atomic mass is 32.3. The molecular weight excluding hydrogens is 194 g/mol. The lowest BCUT2D eigenvalue weighted by atomic mass is 10.2. The number of aldehydes is 1. The van der Waals surface area contributed by atoms with Gasteiger partial charge in [0, 0.05) is 23.6 Å². The normalized spacial score (nSPS) is 30.1. The first-order valence-corrected chi connectivity index (χ1v) is 7.73. The smallest absolute Gasteiger partial charge is 0.128 e. The van der Waals surface area contributed by atoms with Crippen molar-refractivity contribution in [1.82, 2.24) is 0 Å². The SMILES string of the molecule is CCCCCCS1(CC=O)C=NCC1. The zero-order chi connectivity index (χ0) is 10.3. The van der Waals surface area contributed by atoms with E-state index in [0.717, 1.165) is 24.3 Å². The molecule has 0 spiro atoms. The lowest BCUT2D eigenvalue weighted by Crippen LogP contribution is -2.13. The van der Waals surface area contributed by atoms with Gasteiger partial charge >= 0.3 is 0 Å². The minimum absolute atomic E-state index is 0.751. The Morgan fingerprint density at radius 3 is 2.86 bits per heavy atom. The standard InChI is InChI=1S/C11H21NOS/c1-2-3-4-5-8-14(10-7-13)9-6-12-11-14/h7,11H,2-6,8-10H2,1H3. The molecule has 0 aromatic rings. The van der Waals surface area contributed by atoms with Crippen molar-refractivity contribution < 1.29 is 4.79 Å². The molecule has 1 unspecified atom stereocenters. The van der Waals surface area contributed by atoms with Gasteiger partial charge in [-0.3, -0.25) is 4.99 Å². The molecule has 0 radical (unpaired) electrons. The zero-order valence-electron chi connectivity index (χ0n) is 9.08. The maximum absolute atomic E-state index is 10.6. The van der Waals surface area contributed by atoms with E-state index in [-0.39, 0.29) is 0 Å². The average Bonchev–Trinajstić information content (AvgIpc) is 2.63. The van der Waals surface area contributed by atoms with E-state index in [1.807, 2.05) is 0 Å². The van der Waals surface area contributed by atoms with Gasteiger partial charge in [0.1, 0.15) is 6.29 Å². The topological polar surface area (TPSA) is 29.4 Å². The highest BCUT2D eigenvalue weighted by Gasteiger charge is 2.23. The van der Waals surface area contributed by atoms with Crippen molar-refractivity contribution in [2.24, 2.45) is 4.99 Å². The highest BCUT2D eigenvalue weighted by molar-refractivity contribution is 8.44. The van der Waals surface area contributed by atoms with Gasteiger partial charge in [-0.15, -0.1) is 0 Å². The minimum atomic E-state index is -0.751. The highest BCUT2D eigenvalue weighted by Crippen LogP contribution is 2.47. The molecule has 0 aliphatic carbocycles. The number of aliphatic imine (C=N–C) groups is 1. The van der Waals surface area contributed by atoms with E-state index in [1.54, 1.807) is 0 Å². The van der Waals surface area contributed by atoms with Crippen LogP contribution in [0.15, 0.2) is 4.99 Å². The Morgan fingerprint density at radius 2 is 2.29 bits per heavy atom. The molecule has 2 nitrogen and oxygen atoms in total. The van der Waals surface area contributed by atoms with Crippen LogP contribution in [-0.2, 0) is 4.79 Å². The van der Waals surface area contributed by atoms with Crippen LogP contribution in [0.3, 0.4) is 0 Å². The van der Waals surface area contributed by atoms with E-state index >= 15 is 0 Å². The maximum Gasteiger partial charge on any atom is 0.128 e. The van der Waals surface area contributed by atoms with Crippen LogP contribution in [0, 0.1) is 0 Å². The molecule has 0 amide bonds. The van der Waals surface area contributed by atoms with Crippen LogP contribution >= 0.6 is 10.0 Å². The Labute approximate surface area is 88.5 Å². The summed E-state index contributed by atoms with van der Waals surface area (Å²) >= 11 is 0. The van der Waals surface area contributed by atoms with Crippen molar-refractivity contribution >= 4 is 21.9 Å². The lowest BCUT2D eigenvalue weighted by molar-refractivity contribution is -0.105. The Balaban J connectivity index is 2.29. The van der Waals surface area contributed by atoms with Gasteiger partial charge in [-0.05, 0) is 12.2 Å². The molecule has 1 aliphatic heterocycles. The summed E-state index contributed by atoms with van der Waals surface area (Å²) in [6.07, 6.45) is 6.30. The fourth-order valence-corrected chi connectivity index (χ4v) is 4.59. The molecule has 1 heterocycles. The molecule has 0 fully saturated rings. The Morgan fingerprint density at radius 1 is 1.43 bits per heavy atom. The van der Waals surface area contributed by atoms with E-state index in [1.165, 1.54) is 31.4 Å². The molecule has 82 valence electrons. The molecule has 3 heteroatoms. The summed E-state index contributed by atoms with van der Waals surface area (Å²) < 4.78 is 0. The van der Waals surface area contributed by atoms with Crippen LogP contribution < -0.4 is 0 Å². The largest absolute Gasteiger partial charge is 0.303 e. The monoisotopic (exact) mass is 215 g/mol. The van der Waals surface area contributed by atoms with Gasteiger partial charge in [-0.25, -0.2) is 0 Å².